The third-order valence-corrected chi connectivity index (χ3v) is 3.99. The molecule has 0 spiro atoms. The molecule has 1 N–H and O–H groups in total. The van der Waals surface area contributed by atoms with E-state index < -0.39 is 5.97 Å². The van der Waals surface area contributed by atoms with E-state index in [1.807, 2.05) is 6.08 Å². The van der Waals surface area contributed by atoms with E-state index in [2.05, 4.69) is 27.4 Å². The van der Waals surface area contributed by atoms with Crippen molar-refractivity contribution in [3.8, 4) is 0 Å². The Morgan fingerprint density at radius 2 is 2.06 bits per heavy atom. The number of hydrogen-bond acceptors (Lipinski definition) is 1. The molecule has 1 fully saturated rings. The van der Waals surface area contributed by atoms with E-state index in [1.165, 1.54) is 0 Å². The van der Waals surface area contributed by atoms with E-state index in [0.717, 1.165) is 25.7 Å². The van der Waals surface area contributed by atoms with Gasteiger partial charge in [0.25, 0.3) is 0 Å². The summed E-state index contributed by atoms with van der Waals surface area (Å²) in [6.07, 6.45) is 5.62. The molecule has 3 atom stereocenters. The van der Waals surface area contributed by atoms with Crippen LogP contribution < -0.4 is 0 Å². The van der Waals surface area contributed by atoms with Crippen molar-refractivity contribution in [1.29, 1.82) is 0 Å². The van der Waals surface area contributed by atoms with Gasteiger partial charge in [0.1, 0.15) is 0 Å². The molecule has 2 heteroatoms. The van der Waals surface area contributed by atoms with Crippen LogP contribution in [0, 0.1) is 23.2 Å². The first-order valence-corrected chi connectivity index (χ1v) is 6.20. The van der Waals surface area contributed by atoms with Gasteiger partial charge in [0.05, 0.1) is 5.92 Å². The van der Waals surface area contributed by atoms with Gasteiger partial charge in [0, 0.05) is 0 Å². The van der Waals surface area contributed by atoms with E-state index >= 15 is 0 Å². The van der Waals surface area contributed by atoms with Crippen LogP contribution in [-0.4, -0.2) is 11.1 Å². The first-order chi connectivity index (χ1) is 7.36. The number of hydrogen-bond donors (Lipinski definition) is 1. The molecular weight excluding hydrogens is 200 g/mol. The SMILES string of the molecule is C=CCC1CC(C(C)(C)C)CCC1C(=O)O. The van der Waals surface area contributed by atoms with Gasteiger partial charge in [-0.1, -0.05) is 26.8 Å². The maximum Gasteiger partial charge on any atom is 0.306 e. The highest BCUT2D eigenvalue weighted by molar-refractivity contribution is 5.70. The monoisotopic (exact) mass is 224 g/mol. The minimum atomic E-state index is -0.626. The highest BCUT2D eigenvalue weighted by Gasteiger charge is 2.38. The summed E-state index contributed by atoms with van der Waals surface area (Å²) < 4.78 is 0. The number of rotatable bonds is 3. The summed E-state index contributed by atoms with van der Waals surface area (Å²) in [5, 5.41) is 9.19. The van der Waals surface area contributed by atoms with Crippen molar-refractivity contribution in [3.05, 3.63) is 12.7 Å². The molecule has 0 saturated heterocycles. The second-order valence-corrected chi connectivity index (χ2v) is 6.11. The predicted octanol–water partition coefficient (Wildman–Crippen LogP) is 3.73. The van der Waals surface area contributed by atoms with Gasteiger partial charge in [-0.2, -0.15) is 0 Å². The molecular formula is C14H24O2. The summed E-state index contributed by atoms with van der Waals surface area (Å²) in [7, 11) is 0. The Bertz CT molecular complexity index is 262. The van der Waals surface area contributed by atoms with Gasteiger partial charge < -0.3 is 5.11 Å². The average molecular weight is 224 g/mol. The van der Waals surface area contributed by atoms with E-state index in [9.17, 15) is 9.90 Å². The molecule has 0 aromatic carbocycles. The van der Waals surface area contributed by atoms with Crippen LogP contribution in [0.5, 0.6) is 0 Å². The summed E-state index contributed by atoms with van der Waals surface area (Å²) in [6.45, 7) is 10.5. The van der Waals surface area contributed by atoms with Gasteiger partial charge in [-0.25, -0.2) is 0 Å². The van der Waals surface area contributed by atoms with Crippen molar-refractivity contribution < 1.29 is 9.90 Å². The van der Waals surface area contributed by atoms with Gasteiger partial charge in [-0.15, -0.1) is 6.58 Å². The van der Waals surface area contributed by atoms with Crippen LogP contribution in [0.15, 0.2) is 12.7 Å². The fraction of sp³-hybridized carbons (Fsp3) is 0.786. The van der Waals surface area contributed by atoms with Crippen LogP contribution in [-0.2, 0) is 4.79 Å². The normalized spacial score (nSPS) is 31.1. The largest absolute Gasteiger partial charge is 0.481 e. The van der Waals surface area contributed by atoms with E-state index in [4.69, 9.17) is 0 Å². The molecule has 0 aromatic heterocycles. The molecule has 3 unspecified atom stereocenters. The van der Waals surface area contributed by atoms with Crippen molar-refractivity contribution in [2.24, 2.45) is 23.2 Å². The van der Waals surface area contributed by atoms with Gasteiger partial charge >= 0.3 is 5.97 Å². The van der Waals surface area contributed by atoms with Gasteiger partial charge in [0.2, 0.25) is 0 Å². The van der Waals surface area contributed by atoms with Crippen LogP contribution in [0.3, 0.4) is 0 Å². The van der Waals surface area contributed by atoms with Crippen LogP contribution >= 0.6 is 0 Å². The maximum absolute atomic E-state index is 11.2. The number of carboxylic acid groups (broad SMARTS) is 1. The zero-order valence-corrected chi connectivity index (χ0v) is 10.7. The molecule has 2 nitrogen and oxygen atoms in total. The lowest BCUT2D eigenvalue weighted by atomic mass is 9.65. The number of carbonyl (C=O) groups is 1. The summed E-state index contributed by atoms with van der Waals surface area (Å²) in [5.41, 5.74) is 0.295. The van der Waals surface area contributed by atoms with Gasteiger partial charge in [-0.3, -0.25) is 4.79 Å². The highest BCUT2D eigenvalue weighted by Crippen LogP contribution is 2.43. The third-order valence-electron chi connectivity index (χ3n) is 3.99. The van der Waals surface area contributed by atoms with Gasteiger partial charge in [0.15, 0.2) is 0 Å². The minimum absolute atomic E-state index is 0.156. The van der Waals surface area contributed by atoms with E-state index in [0.29, 0.717) is 11.3 Å². The zero-order valence-electron chi connectivity index (χ0n) is 10.7. The molecule has 0 bridgehead atoms. The summed E-state index contributed by atoms with van der Waals surface area (Å²) in [5.74, 6) is 0.150. The smallest absolute Gasteiger partial charge is 0.306 e. The molecule has 1 aliphatic rings. The quantitative estimate of drug-likeness (QED) is 0.742. The van der Waals surface area contributed by atoms with E-state index in [-0.39, 0.29) is 11.8 Å². The molecule has 0 radical (unpaired) electrons. The molecule has 92 valence electrons. The molecule has 1 aliphatic carbocycles. The van der Waals surface area contributed by atoms with Crippen molar-refractivity contribution >= 4 is 5.97 Å². The Hall–Kier alpha value is -0.790. The van der Waals surface area contributed by atoms with Crippen LogP contribution in [0.2, 0.25) is 0 Å². The fourth-order valence-corrected chi connectivity index (χ4v) is 2.85. The summed E-state index contributed by atoms with van der Waals surface area (Å²) in [6, 6.07) is 0. The van der Waals surface area contributed by atoms with Gasteiger partial charge in [-0.05, 0) is 42.9 Å². The number of carboxylic acids is 1. The fourth-order valence-electron chi connectivity index (χ4n) is 2.85. The third kappa shape index (κ3) is 3.10. The Labute approximate surface area is 98.7 Å². The number of allylic oxidation sites excluding steroid dienone is 1. The Kier molecular flexibility index (Phi) is 4.17. The summed E-state index contributed by atoms with van der Waals surface area (Å²) in [4.78, 5) is 11.2. The Balaban J connectivity index is 2.72. The standard InChI is InChI=1S/C14H24O2/c1-5-6-10-9-11(14(2,3)4)7-8-12(10)13(15)16/h5,10-12H,1,6-9H2,2-4H3,(H,15,16). The maximum atomic E-state index is 11.2. The van der Waals surface area contributed by atoms with Crippen LogP contribution in [0.4, 0.5) is 0 Å². The molecule has 0 amide bonds. The lowest BCUT2D eigenvalue weighted by Crippen LogP contribution is -2.35. The van der Waals surface area contributed by atoms with E-state index in [1.54, 1.807) is 0 Å². The second-order valence-electron chi connectivity index (χ2n) is 6.11. The van der Waals surface area contributed by atoms with Crippen LogP contribution in [0.25, 0.3) is 0 Å². The lowest BCUT2D eigenvalue weighted by molar-refractivity contribution is -0.145. The Morgan fingerprint density at radius 1 is 1.44 bits per heavy atom. The second kappa shape index (κ2) is 5.03. The topological polar surface area (TPSA) is 37.3 Å². The lowest BCUT2D eigenvalue weighted by Gasteiger charge is -2.40. The minimum Gasteiger partial charge on any atom is -0.481 e. The average Bonchev–Trinajstić information content (AvgIpc) is 2.16. The molecule has 16 heavy (non-hydrogen) atoms. The molecule has 1 rings (SSSR count). The molecule has 0 heterocycles. The van der Waals surface area contributed by atoms with Crippen molar-refractivity contribution in [2.75, 3.05) is 0 Å². The first kappa shape index (κ1) is 13.3. The number of aliphatic carboxylic acids is 1. The van der Waals surface area contributed by atoms with Crippen LogP contribution in [0.1, 0.15) is 46.5 Å². The Morgan fingerprint density at radius 3 is 2.50 bits per heavy atom. The molecule has 0 aromatic rings. The first-order valence-electron chi connectivity index (χ1n) is 6.20. The zero-order chi connectivity index (χ0) is 12.3. The molecule has 1 saturated carbocycles. The summed E-state index contributed by atoms with van der Waals surface area (Å²) >= 11 is 0. The predicted molar refractivity (Wildman–Crippen MR) is 66.2 cm³/mol. The molecule has 0 aliphatic heterocycles. The van der Waals surface area contributed by atoms with Crippen molar-refractivity contribution in [3.63, 3.8) is 0 Å². The highest BCUT2D eigenvalue weighted by atomic mass is 16.4. The van der Waals surface area contributed by atoms with Crippen molar-refractivity contribution in [2.45, 2.75) is 46.5 Å². The van der Waals surface area contributed by atoms with Crippen molar-refractivity contribution in [1.82, 2.24) is 0 Å².